The van der Waals surface area contributed by atoms with E-state index in [4.69, 9.17) is 4.74 Å². The van der Waals surface area contributed by atoms with Crippen LogP contribution in [-0.4, -0.2) is 53.3 Å². The number of H-pyrrole nitrogens is 1. The number of rotatable bonds is 6. The van der Waals surface area contributed by atoms with Crippen LogP contribution in [0.1, 0.15) is 61.8 Å². The van der Waals surface area contributed by atoms with Gasteiger partial charge in [-0.15, -0.1) is 0 Å². The third-order valence-electron chi connectivity index (χ3n) is 5.74. The van der Waals surface area contributed by atoms with Crippen LogP contribution < -0.4 is 5.32 Å². The van der Waals surface area contributed by atoms with Crippen LogP contribution in [0.3, 0.4) is 0 Å². The molecule has 24 heavy (non-hydrogen) atoms. The molecule has 2 heterocycles. The summed E-state index contributed by atoms with van der Waals surface area (Å²) >= 11 is 0. The smallest absolute Gasteiger partial charge is 0.274 e. The number of carbonyl (C=O) groups is 1. The van der Waals surface area contributed by atoms with Crippen LogP contribution in [0.25, 0.3) is 0 Å². The number of amides is 1. The van der Waals surface area contributed by atoms with Gasteiger partial charge in [0.2, 0.25) is 0 Å². The lowest BCUT2D eigenvalue weighted by Crippen LogP contribution is -2.62. The molecule has 2 aliphatic rings. The highest BCUT2D eigenvalue weighted by molar-refractivity contribution is 5.94. The number of unbranched alkanes of at least 4 members (excludes halogenated alkanes) is 1. The van der Waals surface area contributed by atoms with Gasteiger partial charge in [-0.2, -0.15) is 5.10 Å². The first-order valence-electron chi connectivity index (χ1n) is 9.12. The van der Waals surface area contributed by atoms with Crippen molar-refractivity contribution in [3.05, 3.63) is 17.0 Å². The Hall–Kier alpha value is -1.40. The van der Waals surface area contributed by atoms with Crippen LogP contribution in [0.15, 0.2) is 0 Å². The van der Waals surface area contributed by atoms with Crippen LogP contribution in [0.2, 0.25) is 0 Å². The number of hydrogen-bond acceptors (Lipinski definition) is 4. The van der Waals surface area contributed by atoms with Gasteiger partial charge in [0, 0.05) is 55.9 Å². The van der Waals surface area contributed by atoms with E-state index in [1.807, 2.05) is 11.9 Å². The van der Waals surface area contributed by atoms with Crippen LogP contribution in [0, 0.1) is 5.41 Å². The van der Waals surface area contributed by atoms with Gasteiger partial charge in [-0.3, -0.25) is 9.89 Å². The van der Waals surface area contributed by atoms with Gasteiger partial charge in [0.1, 0.15) is 0 Å². The van der Waals surface area contributed by atoms with Gasteiger partial charge in [-0.25, -0.2) is 0 Å². The molecule has 1 aliphatic carbocycles. The van der Waals surface area contributed by atoms with E-state index in [2.05, 4.69) is 36.3 Å². The first kappa shape index (κ1) is 17.4. The van der Waals surface area contributed by atoms with Gasteiger partial charge in [-0.1, -0.05) is 27.2 Å². The fourth-order valence-electron chi connectivity index (χ4n) is 3.89. The second-order valence-electron chi connectivity index (χ2n) is 7.66. The molecule has 0 radical (unpaired) electrons. The number of hydrogen-bond donors (Lipinski definition) is 2. The fourth-order valence-corrected chi connectivity index (χ4v) is 3.89. The Bertz CT molecular complexity index is 596. The molecule has 2 unspecified atom stereocenters. The van der Waals surface area contributed by atoms with Gasteiger partial charge in [0.05, 0.1) is 6.10 Å². The van der Waals surface area contributed by atoms with Crippen molar-refractivity contribution < 1.29 is 9.53 Å². The SMILES string of the molecule is CCCCOC1CC(N(C)C(=O)c2n[nH]c3c2CNCC3)C1(C)C. The maximum Gasteiger partial charge on any atom is 0.274 e. The maximum atomic E-state index is 12.9. The quantitative estimate of drug-likeness (QED) is 0.782. The molecule has 134 valence electrons. The van der Waals surface area contributed by atoms with Crippen molar-refractivity contribution in [3.63, 3.8) is 0 Å². The van der Waals surface area contributed by atoms with Gasteiger partial charge < -0.3 is 15.0 Å². The summed E-state index contributed by atoms with van der Waals surface area (Å²) in [5, 5.41) is 10.7. The lowest BCUT2D eigenvalue weighted by molar-refractivity contribution is -0.140. The predicted octanol–water partition coefficient (Wildman–Crippen LogP) is 2.11. The molecule has 6 nitrogen and oxygen atoms in total. The molecule has 0 saturated heterocycles. The van der Waals surface area contributed by atoms with E-state index in [9.17, 15) is 4.79 Å². The van der Waals surface area contributed by atoms with Gasteiger partial charge in [0.15, 0.2) is 5.69 Å². The number of nitrogens with one attached hydrogen (secondary N) is 2. The monoisotopic (exact) mass is 334 g/mol. The van der Waals surface area contributed by atoms with Crippen molar-refractivity contribution in [1.29, 1.82) is 0 Å². The second kappa shape index (κ2) is 6.84. The zero-order valence-electron chi connectivity index (χ0n) is 15.3. The summed E-state index contributed by atoms with van der Waals surface area (Å²) in [5.41, 5.74) is 2.68. The summed E-state index contributed by atoms with van der Waals surface area (Å²) in [4.78, 5) is 14.8. The summed E-state index contributed by atoms with van der Waals surface area (Å²) in [7, 11) is 1.90. The van der Waals surface area contributed by atoms with E-state index in [1.54, 1.807) is 0 Å². The number of carbonyl (C=O) groups excluding carboxylic acids is 1. The third kappa shape index (κ3) is 2.97. The molecular formula is C18H30N4O2. The zero-order chi connectivity index (χ0) is 17.3. The highest BCUT2D eigenvalue weighted by Crippen LogP contribution is 2.45. The second-order valence-corrected chi connectivity index (χ2v) is 7.66. The summed E-state index contributed by atoms with van der Waals surface area (Å²) in [6, 6.07) is 0.195. The van der Waals surface area contributed by atoms with Crippen molar-refractivity contribution in [2.75, 3.05) is 20.2 Å². The zero-order valence-corrected chi connectivity index (χ0v) is 15.3. The van der Waals surface area contributed by atoms with E-state index in [0.717, 1.165) is 56.6 Å². The van der Waals surface area contributed by atoms with Crippen molar-refractivity contribution in [2.24, 2.45) is 5.41 Å². The number of fused-ring (bicyclic) bond motifs is 1. The molecule has 1 aromatic rings. The van der Waals surface area contributed by atoms with Gasteiger partial charge >= 0.3 is 0 Å². The molecule has 1 fully saturated rings. The summed E-state index contributed by atoms with van der Waals surface area (Å²) in [5.74, 6) is 0.0151. The highest BCUT2D eigenvalue weighted by Gasteiger charge is 2.52. The molecule has 2 atom stereocenters. The maximum absolute atomic E-state index is 12.9. The van der Waals surface area contributed by atoms with Crippen molar-refractivity contribution >= 4 is 5.91 Å². The Morgan fingerprint density at radius 2 is 2.25 bits per heavy atom. The molecule has 0 aromatic carbocycles. The Kier molecular flexibility index (Phi) is 4.97. The largest absolute Gasteiger partial charge is 0.378 e. The first-order valence-corrected chi connectivity index (χ1v) is 9.12. The Labute approximate surface area is 144 Å². The van der Waals surface area contributed by atoms with Gasteiger partial charge in [0.25, 0.3) is 5.91 Å². The molecule has 1 aliphatic heterocycles. The van der Waals surface area contributed by atoms with E-state index in [0.29, 0.717) is 5.69 Å². The minimum atomic E-state index is -0.0211. The molecule has 1 amide bonds. The normalized spacial score (nSPS) is 25.0. The fraction of sp³-hybridized carbons (Fsp3) is 0.778. The standard InChI is InChI=1S/C18H30N4O2/c1-5-6-9-24-15-10-14(18(15,2)3)22(4)17(23)16-12-11-19-8-7-13(12)20-21-16/h14-15,19H,5-11H2,1-4H3,(H,20,21). The topological polar surface area (TPSA) is 70.2 Å². The van der Waals surface area contributed by atoms with Crippen LogP contribution in [0.4, 0.5) is 0 Å². The lowest BCUT2D eigenvalue weighted by Gasteiger charge is -2.54. The summed E-state index contributed by atoms with van der Waals surface area (Å²) in [6.45, 7) is 9.03. The van der Waals surface area contributed by atoms with E-state index >= 15 is 0 Å². The minimum Gasteiger partial charge on any atom is -0.378 e. The van der Waals surface area contributed by atoms with Crippen molar-refractivity contribution in [1.82, 2.24) is 20.4 Å². The first-order chi connectivity index (χ1) is 11.5. The molecule has 1 aromatic heterocycles. The van der Waals surface area contributed by atoms with Crippen molar-refractivity contribution in [3.8, 4) is 0 Å². The predicted molar refractivity (Wildman–Crippen MR) is 92.9 cm³/mol. The molecule has 2 N–H and O–H groups in total. The number of nitrogens with zero attached hydrogens (tertiary/aromatic N) is 2. The average Bonchev–Trinajstić information content (AvgIpc) is 3.00. The van der Waals surface area contributed by atoms with Crippen molar-refractivity contribution in [2.45, 2.75) is 65.1 Å². The van der Waals surface area contributed by atoms with Crippen LogP contribution in [-0.2, 0) is 17.7 Å². The lowest BCUT2D eigenvalue weighted by atomic mass is 9.63. The Morgan fingerprint density at radius 1 is 1.46 bits per heavy atom. The Balaban J connectivity index is 1.65. The molecule has 0 spiro atoms. The highest BCUT2D eigenvalue weighted by atomic mass is 16.5. The average molecular weight is 334 g/mol. The molecule has 0 bridgehead atoms. The van der Waals surface area contributed by atoms with Gasteiger partial charge in [-0.05, 0) is 12.8 Å². The molecular weight excluding hydrogens is 304 g/mol. The third-order valence-corrected chi connectivity index (χ3v) is 5.74. The molecule has 3 rings (SSSR count). The molecule has 6 heteroatoms. The van der Waals surface area contributed by atoms with E-state index in [1.165, 1.54) is 0 Å². The molecule has 1 saturated carbocycles. The number of ether oxygens (including phenoxy) is 1. The van der Waals surface area contributed by atoms with Crippen LogP contribution in [0.5, 0.6) is 0 Å². The van der Waals surface area contributed by atoms with Crippen LogP contribution >= 0.6 is 0 Å². The van der Waals surface area contributed by atoms with E-state index < -0.39 is 0 Å². The summed E-state index contributed by atoms with van der Waals surface area (Å²) < 4.78 is 6.01. The Morgan fingerprint density at radius 3 is 2.96 bits per heavy atom. The minimum absolute atomic E-state index is 0.0151. The number of aromatic amines is 1. The van der Waals surface area contributed by atoms with E-state index in [-0.39, 0.29) is 23.5 Å². The number of aromatic nitrogens is 2. The summed E-state index contributed by atoms with van der Waals surface area (Å²) in [6.07, 6.45) is 4.29.